The SMILES string of the molecule is CC(C)(C)C1CCN(C(=O)n2ccnc2)CC1. The van der Waals surface area contributed by atoms with Crippen molar-refractivity contribution in [1.29, 1.82) is 0 Å². The van der Waals surface area contributed by atoms with Crippen LogP contribution in [0, 0.1) is 11.3 Å². The van der Waals surface area contributed by atoms with Crippen molar-refractivity contribution in [2.24, 2.45) is 11.3 Å². The fourth-order valence-electron chi connectivity index (χ4n) is 2.47. The molecule has 4 nitrogen and oxygen atoms in total. The molecule has 17 heavy (non-hydrogen) atoms. The summed E-state index contributed by atoms with van der Waals surface area (Å²) in [6.45, 7) is 8.57. The first-order valence-electron chi connectivity index (χ1n) is 6.26. The summed E-state index contributed by atoms with van der Waals surface area (Å²) in [5.74, 6) is 0.717. The number of imidazole rings is 1. The van der Waals surface area contributed by atoms with Crippen LogP contribution in [-0.4, -0.2) is 33.6 Å². The van der Waals surface area contributed by atoms with E-state index in [1.165, 1.54) is 0 Å². The van der Waals surface area contributed by atoms with Gasteiger partial charge in [-0.15, -0.1) is 0 Å². The summed E-state index contributed by atoms with van der Waals surface area (Å²) < 4.78 is 1.55. The summed E-state index contributed by atoms with van der Waals surface area (Å²) >= 11 is 0. The highest BCUT2D eigenvalue weighted by Gasteiger charge is 2.30. The van der Waals surface area contributed by atoms with Crippen molar-refractivity contribution >= 4 is 6.03 Å². The molecule has 2 rings (SSSR count). The van der Waals surface area contributed by atoms with Crippen molar-refractivity contribution in [1.82, 2.24) is 14.5 Å². The van der Waals surface area contributed by atoms with Crippen molar-refractivity contribution in [2.75, 3.05) is 13.1 Å². The lowest BCUT2D eigenvalue weighted by molar-refractivity contribution is 0.122. The van der Waals surface area contributed by atoms with E-state index in [0.717, 1.165) is 25.9 Å². The van der Waals surface area contributed by atoms with E-state index in [9.17, 15) is 4.79 Å². The second kappa shape index (κ2) is 4.51. The molecular formula is C13H21N3O. The van der Waals surface area contributed by atoms with Gasteiger partial charge in [-0.2, -0.15) is 0 Å². The third-order valence-electron chi connectivity index (χ3n) is 3.72. The maximum atomic E-state index is 12.1. The number of likely N-dealkylation sites (tertiary alicyclic amines) is 1. The Morgan fingerprint density at radius 1 is 1.29 bits per heavy atom. The number of amides is 1. The average Bonchev–Trinajstić information content (AvgIpc) is 2.80. The lowest BCUT2D eigenvalue weighted by Gasteiger charge is -2.38. The molecule has 2 heterocycles. The molecule has 0 saturated carbocycles. The Kier molecular flexibility index (Phi) is 3.22. The Balaban J connectivity index is 1.94. The molecule has 0 aromatic carbocycles. The first-order chi connectivity index (χ1) is 7.98. The third-order valence-corrected chi connectivity index (χ3v) is 3.72. The molecule has 1 amide bonds. The predicted octanol–water partition coefficient (Wildman–Crippen LogP) is 2.61. The molecule has 0 bridgehead atoms. The molecule has 0 N–H and O–H groups in total. The fourth-order valence-corrected chi connectivity index (χ4v) is 2.47. The predicted molar refractivity (Wildman–Crippen MR) is 66.8 cm³/mol. The van der Waals surface area contributed by atoms with Gasteiger partial charge in [0.05, 0.1) is 0 Å². The number of piperidine rings is 1. The molecule has 1 aromatic rings. The first-order valence-corrected chi connectivity index (χ1v) is 6.26. The third kappa shape index (κ3) is 2.68. The summed E-state index contributed by atoms with van der Waals surface area (Å²) in [5.41, 5.74) is 0.351. The molecule has 1 saturated heterocycles. The van der Waals surface area contributed by atoms with Crippen LogP contribution < -0.4 is 0 Å². The van der Waals surface area contributed by atoms with Crippen molar-refractivity contribution in [3.63, 3.8) is 0 Å². The summed E-state index contributed by atoms with van der Waals surface area (Å²) in [4.78, 5) is 17.9. The summed E-state index contributed by atoms with van der Waals surface area (Å²) in [6, 6.07) is 0.0508. The molecule has 0 atom stereocenters. The molecule has 1 aliphatic heterocycles. The van der Waals surface area contributed by atoms with Crippen LogP contribution in [0.1, 0.15) is 33.6 Å². The van der Waals surface area contributed by atoms with Gasteiger partial charge in [-0.25, -0.2) is 9.78 Å². The van der Waals surface area contributed by atoms with E-state index in [1.807, 2.05) is 4.90 Å². The topological polar surface area (TPSA) is 38.1 Å². The Hall–Kier alpha value is -1.32. The number of aromatic nitrogens is 2. The molecular weight excluding hydrogens is 214 g/mol. The highest BCUT2D eigenvalue weighted by molar-refractivity contribution is 5.76. The second-order valence-electron chi connectivity index (χ2n) is 5.88. The van der Waals surface area contributed by atoms with Crippen molar-refractivity contribution in [3.05, 3.63) is 18.7 Å². The molecule has 0 unspecified atom stereocenters. The van der Waals surface area contributed by atoms with Gasteiger partial charge in [0.1, 0.15) is 6.33 Å². The number of hydrogen-bond donors (Lipinski definition) is 0. The zero-order valence-electron chi connectivity index (χ0n) is 10.9. The largest absolute Gasteiger partial charge is 0.329 e. The minimum atomic E-state index is 0.0508. The molecule has 0 spiro atoms. The minimum absolute atomic E-state index is 0.0508. The van der Waals surface area contributed by atoms with Gasteiger partial charge in [-0.3, -0.25) is 4.57 Å². The molecule has 4 heteroatoms. The van der Waals surface area contributed by atoms with Gasteiger partial charge in [-0.1, -0.05) is 20.8 Å². The monoisotopic (exact) mass is 235 g/mol. The normalized spacial score (nSPS) is 18.4. The Bertz CT molecular complexity index is 370. The van der Waals surface area contributed by atoms with Crippen LogP contribution in [0.4, 0.5) is 4.79 Å². The van der Waals surface area contributed by atoms with Crippen LogP contribution in [0.25, 0.3) is 0 Å². The Morgan fingerprint density at radius 2 is 1.94 bits per heavy atom. The van der Waals surface area contributed by atoms with Crippen LogP contribution in [0.3, 0.4) is 0 Å². The van der Waals surface area contributed by atoms with Gasteiger partial charge in [0, 0.05) is 25.5 Å². The first kappa shape index (κ1) is 12.1. The molecule has 1 fully saturated rings. The van der Waals surface area contributed by atoms with Gasteiger partial charge in [0.15, 0.2) is 0 Å². The van der Waals surface area contributed by atoms with Crippen LogP contribution in [0.15, 0.2) is 18.7 Å². The van der Waals surface area contributed by atoms with Gasteiger partial charge < -0.3 is 4.90 Å². The molecule has 1 aromatic heterocycles. The van der Waals surface area contributed by atoms with E-state index in [0.29, 0.717) is 11.3 Å². The summed E-state index contributed by atoms with van der Waals surface area (Å²) in [7, 11) is 0. The van der Waals surface area contributed by atoms with Crippen molar-refractivity contribution in [3.8, 4) is 0 Å². The number of hydrogen-bond acceptors (Lipinski definition) is 2. The fraction of sp³-hybridized carbons (Fsp3) is 0.692. The Labute approximate surface area is 103 Å². The summed E-state index contributed by atoms with van der Waals surface area (Å²) in [6.07, 6.45) is 7.12. The van der Waals surface area contributed by atoms with Gasteiger partial charge >= 0.3 is 6.03 Å². The second-order valence-corrected chi connectivity index (χ2v) is 5.88. The molecule has 0 radical (unpaired) electrons. The average molecular weight is 235 g/mol. The van der Waals surface area contributed by atoms with E-state index < -0.39 is 0 Å². The zero-order valence-corrected chi connectivity index (χ0v) is 10.9. The van der Waals surface area contributed by atoms with Crippen LogP contribution in [-0.2, 0) is 0 Å². The zero-order chi connectivity index (χ0) is 12.5. The minimum Gasteiger partial charge on any atom is -0.324 e. The Morgan fingerprint density at radius 3 is 2.41 bits per heavy atom. The number of nitrogens with zero attached hydrogens (tertiary/aromatic N) is 3. The van der Waals surface area contributed by atoms with E-state index >= 15 is 0 Å². The highest BCUT2D eigenvalue weighted by atomic mass is 16.2. The lowest BCUT2D eigenvalue weighted by atomic mass is 9.75. The van der Waals surface area contributed by atoms with Gasteiger partial charge in [-0.05, 0) is 24.2 Å². The van der Waals surface area contributed by atoms with E-state index in [1.54, 1.807) is 23.3 Å². The smallest absolute Gasteiger partial charge is 0.324 e. The maximum Gasteiger partial charge on any atom is 0.329 e. The molecule has 1 aliphatic rings. The lowest BCUT2D eigenvalue weighted by Crippen LogP contribution is -2.42. The highest BCUT2D eigenvalue weighted by Crippen LogP contribution is 2.34. The summed E-state index contributed by atoms with van der Waals surface area (Å²) in [5, 5.41) is 0. The standard InChI is InChI=1S/C13H21N3O/c1-13(2,3)11-4-7-15(8-5-11)12(17)16-9-6-14-10-16/h6,9-11H,4-5,7-8H2,1-3H3. The van der Waals surface area contributed by atoms with Crippen molar-refractivity contribution < 1.29 is 4.79 Å². The maximum absolute atomic E-state index is 12.1. The van der Waals surface area contributed by atoms with Gasteiger partial charge in [0.25, 0.3) is 0 Å². The number of carbonyl (C=O) groups excluding carboxylic acids is 1. The van der Waals surface area contributed by atoms with E-state index in [-0.39, 0.29) is 6.03 Å². The van der Waals surface area contributed by atoms with E-state index in [2.05, 4.69) is 25.8 Å². The molecule has 0 aliphatic carbocycles. The number of rotatable bonds is 0. The quantitative estimate of drug-likeness (QED) is 0.693. The van der Waals surface area contributed by atoms with Crippen LogP contribution in [0.2, 0.25) is 0 Å². The number of carbonyl (C=O) groups is 1. The van der Waals surface area contributed by atoms with E-state index in [4.69, 9.17) is 0 Å². The molecule has 94 valence electrons. The van der Waals surface area contributed by atoms with Gasteiger partial charge in [0.2, 0.25) is 0 Å². The van der Waals surface area contributed by atoms with Crippen LogP contribution >= 0.6 is 0 Å². The van der Waals surface area contributed by atoms with Crippen molar-refractivity contribution in [2.45, 2.75) is 33.6 Å². The van der Waals surface area contributed by atoms with Crippen LogP contribution in [0.5, 0.6) is 0 Å².